The van der Waals surface area contributed by atoms with Crippen LogP contribution in [0.15, 0.2) is 0 Å². The van der Waals surface area contributed by atoms with Crippen LogP contribution in [-0.4, -0.2) is 49.7 Å². The van der Waals surface area contributed by atoms with Gasteiger partial charge in [-0.25, -0.2) is 0 Å². The molecule has 1 heterocycles. The number of rotatable bonds is 39. The lowest BCUT2D eigenvalue weighted by atomic mass is 10.0. The summed E-state index contributed by atoms with van der Waals surface area (Å²) in [5.74, 6) is -0.865. The molecule has 5 heteroatoms. The third-order valence-corrected chi connectivity index (χ3v) is 10.3. The molecule has 0 spiro atoms. The molecule has 1 aliphatic heterocycles. The summed E-state index contributed by atoms with van der Waals surface area (Å²) in [6, 6.07) is 0. The van der Waals surface area contributed by atoms with E-state index in [0.29, 0.717) is 19.8 Å². The van der Waals surface area contributed by atoms with E-state index in [-0.39, 0.29) is 18.4 Å². The van der Waals surface area contributed by atoms with E-state index in [4.69, 9.17) is 9.47 Å². The Labute approximate surface area is 299 Å². The largest absolute Gasteiger partial charge is 0.466 e. The van der Waals surface area contributed by atoms with Gasteiger partial charge in [0, 0.05) is 19.6 Å². The third-order valence-electron chi connectivity index (χ3n) is 10.3. The van der Waals surface area contributed by atoms with Gasteiger partial charge >= 0.3 is 11.9 Å². The lowest BCUT2D eigenvalue weighted by Crippen LogP contribution is -2.28. The Hall–Kier alpha value is -1.10. The molecular weight excluding hydrogens is 594 g/mol. The van der Waals surface area contributed by atoms with E-state index in [0.717, 1.165) is 38.8 Å². The first kappa shape index (κ1) is 44.9. The van der Waals surface area contributed by atoms with Gasteiger partial charge in [-0.1, -0.05) is 206 Å². The van der Waals surface area contributed by atoms with Crippen molar-refractivity contribution in [2.45, 2.75) is 226 Å². The lowest BCUT2D eigenvalue weighted by Gasteiger charge is -2.16. The van der Waals surface area contributed by atoms with Gasteiger partial charge in [-0.2, -0.15) is 0 Å². The molecule has 1 rings (SSSR count). The van der Waals surface area contributed by atoms with Crippen molar-refractivity contribution in [3.8, 4) is 0 Å². The Morgan fingerprint density at radius 2 is 0.729 bits per heavy atom. The Balaban J connectivity index is 1.92. The van der Waals surface area contributed by atoms with Gasteiger partial charge in [0.25, 0.3) is 0 Å². The second-order valence-corrected chi connectivity index (χ2v) is 15.2. The van der Waals surface area contributed by atoms with Gasteiger partial charge in [-0.15, -0.1) is 0 Å². The summed E-state index contributed by atoms with van der Waals surface area (Å²) in [5.41, 5.74) is 0. The minimum atomic E-state index is -0.396. The minimum absolute atomic E-state index is 0.146. The molecule has 0 bridgehead atoms. The Morgan fingerprint density at radius 1 is 0.438 bits per heavy atom. The van der Waals surface area contributed by atoms with E-state index in [1.54, 1.807) is 0 Å². The van der Waals surface area contributed by atoms with Crippen LogP contribution in [0.25, 0.3) is 0 Å². The zero-order valence-corrected chi connectivity index (χ0v) is 32.5. The second-order valence-electron chi connectivity index (χ2n) is 15.2. The maximum atomic E-state index is 12.8. The van der Waals surface area contributed by atoms with Crippen molar-refractivity contribution in [1.82, 2.24) is 4.90 Å². The van der Waals surface area contributed by atoms with E-state index >= 15 is 0 Å². The molecule has 1 unspecified atom stereocenters. The molecule has 48 heavy (non-hydrogen) atoms. The molecule has 1 saturated heterocycles. The fourth-order valence-corrected chi connectivity index (χ4v) is 6.82. The number of esters is 2. The maximum Gasteiger partial charge on any atom is 0.310 e. The highest BCUT2D eigenvalue weighted by molar-refractivity contribution is 5.80. The van der Waals surface area contributed by atoms with Gasteiger partial charge in [0.05, 0.1) is 25.6 Å². The SMILES string of the molecule is CCCCCCCCCCCCCCCCCCOC(=O)CC(CN1CC1)C(=O)OCCCCCCCCCCCCCCCCCC. The highest BCUT2D eigenvalue weighted by Crippen LogP contribution is 2.18. The van der Waals surface area contributed by atoms with E-state index < -0.39 is 5.92 Å². The molecule has 0 radical (unpaired) electrons. The van der Waals surface area contributed by atoms with E-state index in [1.165, 1.54) is 180 Å². The fraction of sp³-hybridized carbons (Fsp3) is 0.953. The number of hydrogen-bond donors (Lipinski definition) is 0. The zero-order chi connectivity index (χ0) is 34.6. The summed E-state index contributed by atoms with van der Waals surface area (Å²) >= 11 is 0. The third kappa shape index (κ3) is 32.1. The molecule has 0 aliphatic carbocycles. The first-order valence-electron chi connectivity index (χ1n) is 21.7. The maximum absolute atomic E-state index is 12.8. The topological polar surface area (TPSA) is 55.6 Å². The fourth-order valence-electron chi connectivity index (χ4n) is 6.82. The lowest BCUT2D eigenvalue weighted by molar-refractivity contribution is -0.155. The Bertz CT molecular complexity index is 694. The molecule has 0 saturated carbocycles. The predicted octanol–water partition coefficient (Wildman–Crippen LogP) is 12.9. The van der Waals surface area contributed by atoms with Crippen molar-refractivity contribution in [3.63, 3.8) is 0 Å². The van der Waals surface area contributed by atoms with Crippen LogP contribution in [-0.2, 0) is 19.1 Å². The number of unbranched alkanes of at least 4 members (excludes halogenated alkanes) is 30. The molecule has 0 aromatic heterocycles. The van der Waals surface area contributed by atoms with Crippen LogP contribution >= 0.6 is 0 Å². The predicted molar refractivity (Wildman–Crippen MR) is 206 cm³/mol. The number of ether oxygens (including phenoxy) is 2. The number of carbonyl (C=O) groups excluding carboxylic acids is 2. The second kappa shape index (κ2) is 35.7. The standard InChI is InChI=1S/C43H83NO4/c1-3-5-7-9-11-13-15-17-19-21-23-25-27-29-31-33-37-47-42(45)39-41(40-44-35-36-44)43(46)48-38-34-32-30-28-26-24-22-20-18-16-14-12-10-8-6-4-2/h41H,3-40H2,1-2H3. The number of hydrogen-bond acceptors (Lipinski definition) is 5. The average molecular weight is 678 g/mol. The van der Waals surface area contributed by atoms with Crippen LogP contribution in [0.2, 0.25) is 0 Å². The highest BCUT2D eigenvalue weighted by atomic mass is 16.5. The smallest absolute Gasteiger partial charge is 0.310 e. The van der Waals surface area contributed by atoms with Crippen molar-refractivity contribution < 1.29 is 19.1 Å². The summed E-state index contributed by atoms with van der Waals surface area (Å²) in [4.78, 5) is 27.5. The van der Waals surface area contributed by atoms with Gasteiger partial charge in [-0.3, -0.25) is 14.5 Å². The Morgan fingerprint density at radius 3 is 1.04 bits per heavy atom. The van der Waals surface area contributed by atoms with Crippen molar-refractivity contribution in [1.29, 1.82) is 0 Å². The van der Waals surface area contributed by atoms with E-state index in [9.17, 15) is 9.59 Å². The highest BCUT2D eigenvalue weighted by Gasteiger charge is 2.30. The first-order chi connectivity index (χ1) is 23.7. The number of carbonyl (C=O) groups is 2. The Kier molecular flexibility index (Phi) is 33.4. The zero-order valence-electron chi connectivity index (χ0n) is 32.5. The van der Waals surface area contributed by atoms with Gasteiger partial charge < -0.3 is 9.47 Å². The molecule has 284 valence electrons. The van der Waals surface area contributed by atoms with E-state index in [1.807, 2.05) is 0 Å². The van der Waals surface area contributed by atoms with Crippen molar-refractivity contribution in [2.75, 3.05) is 32.8 Å². The van der Waals surface area contributed by atoms with Crippen LogP contribution in [0.4, 0.5) is 0 Å². The normalized spacial score (nSPS) is 13.5. The molecule has 0 aromatic carbocycles. The summed E-state index contributed by atoms with van der Waals surface area (Å²) in [5, 5.41) is 0. The van der Waals surface area contributed by atoms with Crippen LogP contribution in [0.3, 0.4) is 0 Å². The van der Waals surface area contributed by atoms with Crippen LogP contribution < -0.4 is 0 Å². The monoisotopic (exact) mass is 678 g/mol. The molecule has 5 nitrogen and oxygen atoms in total. The summed E-state index contributed by atoms with van der Waals surface area (Å²) in [6.45, 7) is 8.15. The molecule has 1 atom stereocenters. The first-order valence-corrected chi connectivity index (χ1v) is 21.7. The molecule has 0 aromatic rings. The average Bonchev–Trinajstić information content (AvgIpc) is 3.91. The summed E-state index contributed by atoms with van der Waals surface area (Å²) < 4.78 is 11.1. The number of nitrogens with zero attached hydrogens (tertiary/aromatic N) is 1. The summed E-state index contributed by atoms with van der Waals surface area (Å²) in [6.07, 6.45) is 42.8. The molecule has 0 amide bonds. The minimum Gasteiger partial charge on any atom is -0.466 e. The van der Waals surface area contributed by atoms with Gasteiger partial charge in [0.15, 0.2) is 0 Å². The van der Waals surface area contributed by atoms with Crippen LogP contribution in [0.5, 0.6) is 0 Å². The molecule has 1 aliphatic rings. The van der Waals surface area contributed by atoms with Crippen LogP contribution in [0, 0.1) is 5.92 Å². The molecule has 1 fully saturated rings. The van der Waals surface area contributed by atoms with Crippen molar-refractivity contribution in [2.24, 2.45) is 5.92 Å². The van der Waals surface area contributed by atoms with Crippen LogP contribution in [0.1, 0.15) is 226 Å². The van der Waals surface area contributed by atoms with Gasteiger partial charge in [0.2, 0.25) is 0 Å². The van der Waals surface area contributed by atoms with Crippen molar-refractivity contribution in [3.05, 3.63) is 0 Å². The van der Waals surface area contributed by atoms with Gasteiger partial charge in [-0.05, 0) is 12.8 Å². The van der Waals surface area contributed by atoms with Gasteiger partial charge in [0.1, 0.15) is 0 Å². The summed E-state index contributed by atoms with van der Waals surface area (Å²) in [7, 11) is 0. The van der Waals surface area contributed by atoms with Crippen molar-refractivity contribution >= 4 is 11.9 Å². The molecular formula is C43H83NO4. The molecule has 0 N–H and O–H groups in total. The van der Waals surface area contributed by atoms with E-state index in [2.05, 4.69) is 18.7 Å². The quantitative estimate of drug-likeness (QED) is 0.0368.